The van der Waals surface area contributed by atoms with Gasteiger partial charge in [0, 0.05) is 24.6 Å². The van der Waals surface area contributed by atoms with Crippen LogP contribution in [0.1, 0.15) is 25.1 Å². The fourth-order valence-corrected chi connectivity index (χ4v) is 3.83. The monoisotopic (exact) mass is 306 g/mol. The van der Waals surface area contributed by atoms with Crippen molar-refractivity contribution in [2.45, 2.75) is 31.0 Å². The number of sulfonamides is 1. The molecule has 7 heteroatoms. The highest BCUT2D eigenvalue weighted by Crippen LogP contribution is 2.21. The van der Waals surface area contributed by atoms with E-state index in [1.54, 1.807) is 6.07 Å². The number of nitrogens with one attached hydrogen (secondary N) is 2. The van der Waals surface area contributed by atoms with Crippen LogP contribution in [0.15, 0.2) is 16.3 Å². The Morgan fingerprint density at radius 3 is 2.74 bits per heavy atom. The summed E-state index contributed by atoms with van der Waals surface area (Å²) in [7, 11) is -3.39. The maximum atomic E-state index is 12.0. The molecule has 1 heterocycles. The van der Waals surface area contributed by atoms with Gasteiger partial charge in [-0.3, -0.25) is 0 Å². The van der Waals surface area contributed by atoms with Crippen LogP contribution >= 0.6 is 11.3 Å². The zero-order chi connectivity index (χ0) is 14.1. The predicted octanol–water partition coefficient (Wildman–Crippen LogP) is 1.56. The minimum atomic E-state index is -3.39. The van der Waals surface area contributed by atoms with Crippen LogP contribution < -0.4 is 10.0 Å². The number of thiophene rings is 1. The molecule has 1 aromatic rings. The fraction of sp³-hybridized carbons (Fsp3) is 0.667. The van der Waals surface area contributed by atoms with Gasteiger partial charge in [0.2, 0.25) is 10.0 Å². The van der Waals surface area contributed by atoms with Crippen molar-refractivity contribution in [1.29, 1.82) is 0 Å². The Labute approximate surface area is 119 Å². The highest BCUT2D eigenvalue weighted by molar-refractivity contribution is 7.91. The van der Waals surface area contributed by atoms with Crippen molar-refractivity contribution in [3.8, 4) is 0 Å². The van der Waals surface area contributed by atoms with E-state index in [2.05, 4.69) is 17.0 Å². The first-order chi connectivity index (χ1) is 9.10. The van der Waals surface area contributed by atoms with Gasteiger partial charge < -0.3 is 10.1 Å². The number of hydrogen-bond acceptors (Lipinski definition) is 5. The molecule has 1 rings (SSSR count). The molecule has 0 aromatic carbocycles. The topological polar surface area (TPSA) is 67.4 Å². The van der Waals surface area contributed by atoms with Gasteiger partial charge in [0.15, 0.2) is 0 Å². The summed E-state index contributed by atoms with van der Waals surface area (Å²) >= 11 is 1.30. The van der Waals surface area contributed by atoms with Crippen molar-refractivity contribution >= 4 is 21.4 Å². The molecule has 19 heavy (non-hydrogen) atoms. The van der Waals surface area contributed by atoms with Crippen molar-refractivity contribution in [2.75, 3.05) is 26.3 Å². The third-order valence-corrected chi connectivity index (χ3v) is 5.41. The van der Waals surface area contributed by atoms with E-state index in [0.717, 1.165) is 17.8 Å². The quantitative estimate of drug-likeness (QED) is 0.644. The van der Waals surface area contributed by atoms with Gasteiger partial charge in [0.05, 0.1) is 6.61 Å². The molecular formula is C12H22N2O3S2. The van der Waals surface area contributed by atoms with Crippen LogP contribution in [0.3, 0.4) is 0 Å². The third kappa shape index (κ3) is 6.01. The Morgan fingerprint density at radius 1 is 1.26 bits per heavy atom. The average molecular weight is 306 g/mol. The molecule has 0 aliphatic carbocycles. The zero-order valence-corrected chi connectivity index (χ0v) is 13.1. The highest BCUT2D eigenvalue weighted by Gasteiger charge is 2.15. The molecule has 0 unspecified atom stereocenters. The largest absolute Gasteiger partial charge is 0.380 e. The van der Waals surface area contributed by atoms with Gasteiger partial charge in [0.25, 0.3) is 0 Å². The third-order valence-electron chi connectivity index (χ3n) is 2.37. The molecule has 0 atom stereocenters. The summed E-state index contributed by atoms with van der Waals surface area (Å²) in [6.07, 6.45) is 1.06. The molecular weight excluding hydrogens is 284 g/mol. The van der Waals surface area contributed by atoms with Gasteiger partial charge in [-0.2, -0.15) is 0 Å². The summed E-state index contributed by atoms with van der Waals surface area (Å²) < 4.78 is 31.9. The second kappa shape index (κ2) is 8.65. The lowest BCUT2D eigenvalue weighted by Crippen LogP contribution is -2.26. The maximum Gasteiger partial charge on any atom is 0.250 e. The van der Waals surface area contributed by atoms with E-state index in [0.29, 0.717) is 30.5 Å². The molecule has 0 aliphatic heterocycles. The summed E-state index contributed by atoms with van der Waals surface area (Å²) in [6.45, 7) is 6.92. The molecule has 0 saturated heterocycles. The lowest BCUT2D eigenvalue weighted by Gasteiger charge is -2.04. The van der Waals surface area contributed by atoms with E-state index >= 15 is 0 Å². The molecule has 5 nitrogen and oxygen atoms in total. The van der Waals surface area contributed by atoms with E-state index in [9.17, 15) is 8.42 Å². The Hall–Kier alpha value is -0.470. The molecule has 0 aliphatic rings. The molecule has 2 N–H and O–H groups in total. The summed E-state index contributed by atoms with van der Waals surface area (Å²) in [5, 5.41) is 3.25. The number of rotatable bonds is 10. The Bertz CT molecular complexity index is 457. The van der Waals surface area contributed by atoms with Gasteiger partial charge >= 0.3 is 0 Å². The SMILES string of the molecule is CCCNCc1ccc(S(=O)(=O)NCCOCC)s1. The van der Waals surface area contributed by atoms with Gasteiger partial charge in [-0.05, 0) is 32.0 Å². The van der Waals surface area contributed by atoms with E-state index in [1.165, 1.54) is 11.3 Å². The van der Waals surface area contributed by atoms with E-state index in [-0.39, 0.29) is 0 Å². The van der Waals surface area contributed by atoms with Gasteiger partial charge in [-0.15, -0.1) is 11.3 Å². The van der Waals surface area contributed by atoms with Crippen molar-refractivity contribution in [2.24, 2.45) is 0 Å². The second-order valence-electron chi connectivity index (χ2n) is 3.99. The van der Waals surface area contributed by atoms with Gasteiger partial charge in [-0.25, -0.2) is 13.1 Å². The summed E-state index contributed by atoms with van der Waals surface area (Å²) in [6, 6.07) is 3.50. The normalized spacial score (nSPS) is 11.9. The molecule has 0 saturated carbocycles. The van der Waals surface area contributed by atoms with Crippen LogP contribution in [-0.2, 0) is 21.3 Å². The van der Waals surface area contributed by atoms with Crippen LogP contribution in [0.2, 0.25) is 0 Å². The molecule has 0 amide bonds. The number of ether oxygens (including phenoxy) is 1. The molecule has 0 bridgehead atoms. The van der Waals surface area contributed by atoms with Crippen LogP contribution in [0.25, 0.3) is 0 Å². The van der Waals surface area contributed by atoms with Crippen LogP contribution in [0.5, 0.6) is 0 Å². The van der Waals surface area contributed by atoms with Gasteiger partial charge in [-0.1, -0.05) is 6.92 Å². The van der Waals surface area contributed by atoms with E-state index < -0.39 is 10.0 Å². The lowest BCUT2D eigenvalue weighted by molar-refractivity contribution is 0.153. The van der Waals surface area contributed by atoms with Crippen LogP contribution in [0, 0.1) is 0 Å². The zero-order valence-electron chi connectivity index (χ0n) is 11.4. The molecule has 0 radical (unpaired) electrons. The standard InChI is InChI=1S/C12H22N2O3S2/c1-3-7-13-10-11-5-6-12(18-11)19(15,16)14-8-9-17-4-2/h5-6,13-14H,3-4,7-10H2,1-2H3. The minimum Gasteiger partial charge on any atom is -0.380 e. The first-order valence-electron chi connectivity index (χ1n) is 6.47. The molecule has 1 aromatic heterocycles. The van der Waals surface area contributed by atoms with Crippen molar-refractivity contribution < 1.29 is 13.2 Å². The Kier molecular flexibility index (Phi) is 7.55. The smallest absolute Gasteiger partial charge is 0.250 e. The first-order valence-corrected chi connectivity index (χ1v) is 8.77. The molecule has 110 valence electrons. The fourth-order valence-electron chi connectivity index (χ4n) is 1.45. The minimum absolute atomic E-state index is 0.303. The highest BCUT2D eigenvalue weighted by atomic mass is 32.2. The first kappa shape index (κ1) is 16.6. The Morgan fingerprint density at radius 2 is 2.05 bits per heavy atom. The Balaban J connectivity index is 2.49. The van der Waals surface area contributed by atoms with Gasteiger partial charge in [0.1, 0.15) is 4.21 Å². The van der Waals surface area contributed by atoms with Crippen molar-refractivity contribution in [1.82, 2.24) is 10.0 Å². The van der Waals surface area contributed by atoms with Crippen LogP contribution in [-0.4, -0.2) is 34.7 Å². The average Bonchev–Trinajstić information content (AvgIpc) is 2.85. The van der Waals surface area contributed by atoms with E-state index in [1.807, 2.05) is 13.0 Å². The summed E-state index contributed by atoms with van der Waals surface area (Å²) in [5.74, 6) is 0. The maximum absolute atomic E-state index is 12.0. The van der Waals surface area contributed by atoms with Crippen molar-refractivity contribution in [3.05, 3.63) is 17.0 Å². The van der Waals surface area contributed by atoms with Crippen molar-refractivity contribution in [3.63, 3.8) is 0 Å². The summed E-state index contributed by atoms with van der Waals surface area (Å²) in [4.78, 5) is 1.03. The summed E-state index contributed by atoms with van der Waals surface area (Å²) in [5.41, 5.74) is 0. The second-order valence-corrected chi connectivity index (χ2v) is 7.15. The van der Waals surface area contributed by atoms with Crippen LogP contribution in [0.4, 0.5) is 0 Å². The van der Waals surface area contributed by atoms with E-state index in [4.69, 9.17) is 4.74 Å². The molecule has 0 spiro atoms. The predicted molar refractivity (Wildman–Crippen MR) is 78.0 cm³/mol. The lowest BCUT2D eigenvalue weighted by atomic mass is 10.4. The number of hydrogen-bond donors (Lipinski definition) is 2. The molecule has 0 fully saturated rings.